The molecule has 1 fully saturated rings. The molecule has 29 heavy (non-hydrogen) atoms. The van der Waals surface area contributed by atoms with Gasteiger partial charge in [-0.05, 0) is 48.9 Å². The van der Waals surface area contributed by atoms with Gasteiger partial charge in [0.05, 0.1) is 5.56 Å². The lowest BCUT2D eigenvalue weighted by Crippen LogP contribution is -2.37. The molecule has 0 spiro atoms. The van der Waals surface area contributed by atoms with Gasteiger partial charge in [-0.2, -0.15) is 0 Å². The van der Waals surface area contributed by atoms with Crippen LogP contribution >= 0.6 is 0 Å². The molecular weight excluding hydrogens is 369 g/mol. The van der Waals surface area contributed by atoms with Gasteiger partial charge in [-0.3, -0.25) is 9.59 Å². The van der Waals surface area contributed by atoms with Gasteiger partial charge in [-0.1, -0.05) is 18.2 Å². The van der Waals surface area contributed by atoms with Crippen LogP contribution in [0.1, 0.15) is 27.1 Å². The lowest BCUT2D eigenvalue weighted by atomic mass is 10.1. The van der Waals surface area contributed by atoms with Gasteiger partial charge in [-0.25, -0.2) is 4.39 Å². The van der Waals surface area contributed by atoms with Gasteiger partial charge in [-0.15, -0.1) is 0 Å². The molecule has 0 saturated carbocycles. The minimum absolute atomic E-state index is 0.0563. The number of hydrogen-bond acceptors (Lipinski definition) is 2. The molecule has 6 heteroatoms. The maximum Gasteiger partial charge on any atom is 0.256 e. The van der Waals surface area contributed by atoms with Crippen LogP contribution in [-0.4, -0.2) is 52.4 Å². The highest BCUT2D eigenvalue weighted by Gasteiger charge is 2.25. The number of nitrogens with zero attached hydrogens (tertiary/aromatic N) is 3. The lowest BCUT2D eigenvalue weighted by Gasteiger charge is -2.22. The van der Waals surface area contributed by atoms with Crippen LogP contribution in [0.5, 0.6) is 0 Å². The summed E-state index contributed by atoms with van der Waals surface area (Å²) in [5, 5.41) is 0. The number of hydrogen-bond donors (Lipinski definition) is 0. The molecule has 0 unspecified atom stereocenters. The second-order valence-corrected chi connectivity index (χ2v) is 7.06. The highest BCUT2D eigenvalue weighted by atomic mass is 19.1. The molecule has 1 aromatic heterocycles. The molecule has 4 rings (SSSR count). The van der Waals surface area contributed by atoms with Gasteiger partial charge in [0.15, 0.2) is 0 Å². The summed E-state index contributed by atoms with van der Waals surface area (Å²) < 4.78 is 15.9. The highest BCUT2D eigenvalue weighted by molar-refractivity contribution is 5.96. The first kappa shape index (κ1) is 18.9. The third kappa shape index (κ3) is 4.06. The third-order valence-corrected chi connectivity index (χ3v) is 5.17. The van der Waals surface area contributed by atoms with Gasteiger partial charge in [0, 0.05) is 49.8 Å². The zero-order valence-corrected chi connectivity index (χ0v) is 16.0. The number of benzene rings is 2. The van der Waals surface area contributed by atoms with Gasteiger partial charge in [0.1, 0.15) is 5.82 Å². The zero-order valence-electron chi connectivity index (χ0n) is 16.0. The van der Waals surface area contributed by atoms with Crippen LogP contribution in [0.3, 0.4) is 0 Å². The van der Waals surface area contributed by atoms with E-state index in [9.17, 15) is 14.0 Å². The fraction of sp³-hybridized carbons (Fsp3) is 0.217. The van der Waals surface area contributed by atoms with Gasteiger partial charge >= 0.3 is 0 Å². The molecule has 1 saturated heterocycles. The molecule has 2 heterocycles. The van der Waals surface area contributed by atoms with E-state index in [0.29, 0.717) is 38.2 Å². The average molecular weight is 391 g/mol. The van der Waals surface area contributed by atoms with E-state index in [1.54, 1.807) is 21.9 Å². The Morgan fingerprint density at radius 1 is 0.759 bits per heavy atom. The number of carbonyl (C=O) groups excluding carboxylic acids is 2. The molecule has 1 aliphatic rings. The van der Waals surface area contributed by atoms with E-state index in [0.717, 1.165) is 5.69 Å². The molecule has 1 aliphatic heterocycles. The van der Waals surface area contributed by atoms with Crippen LogP contribution < -0.4 is 0 Å². The fourth-order valence-corrected chi connectivity index (χ4v) is 3.62. The van der Waals surface area contributed by atoms with E-state index >= 15 is 0 Å². The highest BCUT2D eigenvalue weighted by Crippen LogP contribution is 2.16. The first-order chi connectivity index (χ1) is 14.1. The summed E-state index contributed by atoms with van der Waals surface area (Å²) in [6.07, 6.45) is 4.52. The second kappa shape index (κ2) is 8.31. The van der Waals surface area contributed by atoms with Crippen molar-refractivity contribution >= 4 is 11.8 Å². The number of aromatic nitrogens is 1. The van der Waals surface area contributed by atoms with Gasteiger partial charge < -0.3 is 14.4 Å². The monoisotopic (exact) mass is 391 g/mol. The predicted molar refractivity (Wildman–Crippen MR) is 109 cm³/mol. The van der Waals surface area contributed by atoms with Gasteiger partial charge in [0.25, 0.3) is 11.8 Å². The molecule has 0 aliphatic carbocycles. The first-order valence-electron chi connectivity index (χ1n) is 9.70. The van der Waals surface area contributed by atoms with E-state index < -0.39 is 5.82 Å². The Balaban J connectivity index is 1.46. The van der Waals surface area contributed by atoms with E-state index in [2.05, 4.69) is 0 Å². The largest absolute Gasteiger partial charge is 0.337 e. The molecule has 5 nitrogen and oxygen atoms in total. The summed E-state index contributed by atoms with van der Waals surface area (Å²) in [7, 11) is 0. The van der Waals surface area contributed by atoms with E-state index in [1.807, 2.05) is 53.4 Å². The summed E-state index contributed by atoms with van der Waals surface area (Å²) >= 11 is 0. The molecule has 148 valence electrons. The van der Waals surface area contributed by atoms with Crippen molar-refractivity contribution in [3.05, 3.63) is 90.0 Å². The zero-order chi connectivity index (χ0) is 20.2. The van der Waals surface area contributed by atoms with Crippen molar-refractivity contribution in [2.24, 2.45) is 0 Å². The molecule has 2 amide bonds. The van der Waals surface area contributed by atoms with E-state index in [1.165, 1.54) is 12.1 Å². The predicted octanol–water partition coefficient (Wildman–Crippen LogP) is 3.60. The van der Waals surface area contributed by atoms with Crippen molar-refractivity contribution in [2.45, 2.75) is 6.42 Å². The van der Waals surface area contributed by atoms with Crippen molar-refractivity contribution in [3.63, 3.8) is 0 Å². The normalized spacial score (nSPS) is 14.5. The lowest BCUT2D eigenvalue weighted by molar-refractivity contribution is 0.0716. The Morgan fingerprint density at radius 3 is 2.17 bits per heavy atom. The van der Waals surface area contributed by atoms with Crippen LogP contribution in [0.4, 0.5) is 4.39 Å². The summed E-state index contributed by atoms with van der Waals surface area (Å²) in [4.78, 5) is 29.1. The maximum atomic E-state index is 14.0. The third-order valence-electron chi connectivity index (χ3n) is 5.17. The van der Waals surface area contributed by atoms with Crippen molar-refractivity contribution < 1.29 is 14.0 Å². The van der Waals surface area contributed by atoms with Crippen molar-refractivity contribution in [1.82, 2.24) is 14.4 Å². The maximum absolute atomic E-state index is 14.0. The molecular formula is C23H22FN3O2. The Kier molecular flexibility index (Phi) is 5.42. The number of halogens is 1. The molecule has 2 aromatic carbocycles. The van der Waals surface area contributed by atoms with Crippen LogP contribution in [0.15, 0.2) is 73.1 Å². The minimum Gasteiger partial charge on any atom is -0.337 e. The molecule has 0 N–H and O–H groups in total. The number of rotatable bonds is 3. The molecule has 0 atom stereocenters. The second-order valence-electron chi connectivity index (χ2n) is 7.06. The number of amides is 2. The minimum atomic E-state index is -0.517. The standard InChI is InChI=1S/C23H22FN3O2/c24-21-10-2-1-9-20(21)23(29)27-14-6-13-26(15-16-27)22(28)18-7-5-8-19(17-18)25-11-3-4-12-25/h1-5,7-12,17H,6,13-16H2. The number of carbonyl (C=O) groups is 2. The topological polar surface area (TPSA) is 45.6 Å². The van der Waals surface area contributed by atoms with Crippen LogP contribution in [0.2, 0.25) is 0 Å². The summed E-state index contributed by atoms with van der Waals surface area (Å²) in [5.74, 6) is -0.900. The molecule has 3 aromatic rings. The Labute approximate surface area is 169 Å². The summed E-state index contributed by atoms with van der Waals surface area (Å²) in [6.45, 7) is 1.87. The van der Waals surface area contributed by atoms with E-state index in [-0.39, 0.29) is 17.4 Å². The Bertz CT molecular complexity index is 1020. The first-order valence-corrected chi connectivity index (χ1v) is 9.70. The molecule has 0 radical (unpaired) electrons. The quantitative estimate of drug-likeness (QED) is 0.685. The van der Waals surface area contributed by atoms with E-state index in [4.69, 9.17) is 0 Å². The van der Waals surface area contributed by atoms with Gasteiger partial charge in [0.2, 0.25) is 0 Å². The SMILES string of the molecule is O=C(c1cccc(-n2cccc2)c1)N1CCCN(C(=O)c2ccccc2F)CC1. The fourth-order valence-electron chi connectivity index (χ4n) is 3.62. The van der Waals surface area contributed by atoms with Crippen molar-refractivity contribution in [2.75, 3.05) is 26.2 Å². The Hall–Kier alpha value is -3.41. The Morgan fingerprint density at radius 2 is 1.45 bits per heavy atom. The summed E-state index contributed by atoms with van der Waals surface area (Å²) in [6, 6.07) is 17.4. The van der Waals surface area contributed by atoms with Crippen LogP contribution in [-0.2, 0) is 0 Å². The smallest absolute Gasteiger partial charge is 0.256 e. The van der Waals surface area contributed by atoms with Crippen LogP contribution in [0.25, 0.3) is 5.69 Å². The average Bonchev–Trinajstić information content (AvgIpc) is 3.18. The van der Waals surface area contributed by atoms with Crippen molar-refractivity contribution in [3.8, 4) is 5.69 Å². The van der Waals surface area contributed by atoms with Crippen LogP contribution in [0, 0.1) is 5.82 Å². The molecule has 0 bridgehead atoms. The van der Waals surface area contributed by atoms with Crippen molar-refractivity contribution in [1.29, 1.82) is 0 Å². The summed E-state index contributed by atoms with van der Waals surface area (Å²) in [5.41, 5.74) is 1.61.